The summed E-state index contributed by atoms with van der Waals surface area (Å²) in [7, 11) is 0. The van der Waals surface area contributed by atoms with Gasteiger partial charge in [0.25, 0.3) is 5.56 Å². The first-order valence-electron chi connectivity index (χ1n) is 7.40. The maximum atomic E-state index is 11.9. The van der Waals surface area contributed by atoms with Crippen LogP contribution in [0.1, 0.15) is 38.5 Å². The Balaban J connectivity index is 1.96. The van der Waals surface area contributed by atoms with E-state index in [-0.39, 0.29) is 24.4 Å². The molecule has 0 atom stereocenters. The van der Waals surface area contributed by atoms with Crippen LogP contribution in [0.25, 0.3) is 0 Å². The van der Waals surface area contributed by atoms with Crippen LogP contribution in [0.4, 0.5) is 0 Å². The van der Waals surface area contributed by atoms with Crippen LogP contribution < -0.4 is 5.56 Å². The molecular formula is C17H15ClN2O4S. The number of nitriles is 1. The second-order valence-corrected chi connectivity index (χ2v) is 7.07. The van der Waals surface area contributed by atoms with Crippen molar-refractivity contribution in [2.45, 2.75) is 26.7 Å². The number of halogens is 1. The molecule has 8 heteroatoms. The zero-order valence-electron chi connectivity index (χ0n) is 13.6. The summed E-state index contributed by atoms with van der Waals surface area (Å²) in [5.74, 6) is -0.840. The number of aryl methyl sites for hydroxylation is 1. The van der Waals surface area contributed by atoms with Gasteiger partial charge < -0.3 is 9.72 Å². The summed E-state index contributed by atoms with van der Waals surface area (Å²) in [6.45, 7) is 3.04. The maximum Gasteiger partial charge on any atom is 0.306 e. The molecule has 0 saturated carbocycles. The Morgan fingerprint density at radius 3 is 2.68 bits per heavy atom. The topological polar surface area (TPSA) is 100 Å². The third-order valence-corrected chi connectivity index (χ3v) is 4.98. The van der Waals surface area contributed by atoms with E-state index in [1.807, 2.05) is 6.07 Å². The second-order valence-electron chi connectivity index (χ2n) is 5.36. The minimum Gasteiger partial charge on any atom is -0.457 e. The highest BCUT2D eigenvalue weighted by Crippen LogP contribution is 2.22. The lowest BCUT2D eigenvalue weighted by Gasteiger charge is -2.10. The van der Waals surface area contributed by atoms with E-state index in [1.165, 1.54) is 0 Å². The number of aromatic nitrogens is 1. The fourth-order valence-electron chi connectivity index (χ4n) is 2.40. The highest BCUT2D eigenvalue weighted by molar-refractivity contribution is 7.18. The molecule has 25 heavy (non-hydrogen) atoms. The summed E-state index contributed by atoms with van der Waals surface area (Å²) >= 11 is 6.89. The molecule has 1 N–H and O–H groups in total. The van der Waals surface area contributed by atoms with Crippen molar-refractivity contribution in [3.63, 3.8) is 0 Å². The van der Waals surface area contributed by atoms with Crippen molar-refractivity contribution in [2.24, 2.45) is 0 Å². The molecular weight excluding hydrogens is 364 g/mol. The first-order chi connectivity index (χ1) is 11.8. The molecule has 0 spiro atoms. The minimum atomic E-state index is -0.528. The molecule has 2 rings (SSSR count). The fourth-order valence-corrected chi connectivity index (χ4v) is 3.37. The number of hydrogen-bond donors (Lipinski definition) is 1. The third kappa shape index (κ3) is 4.56. The number of hydrogen-bond acceptors (Lipinski definition) is 6. The molecule has 0 unspecified atom stereocenters. The number of carbonyl (C=O) groups is 2. The summed E-state index contributed by atoms with van der Waals surface area (Å²) in [5.41, 5.74) is 1.49. The van der Waals surface area contributed by atoms with Crippen molar-refractivity contribution in [2.75, 3.05) is 6.61 Å². The van der Waals surface area contributed by atoms with Crippen molar-refractivity contribution in [3.8, 4) is 6.07 Å². The van der Waals surface area contributed by atoms with Gasteiger partial charge in [-0.2, -0.15) is 5.26 Å². The first kappa shape index (κ1) is 18.9. The molecule has 2 aromatic rings. The Bertz CT molecular complexity index is 924. The van der Waals surface area contributed by atoms with Gasteiger partial charge >= 0.3 is 5.97 Å². The molecule has 0 aliphatic heterocycles. The molecule has 0 radical (unpaired) electrons. The van der Waals surface area contributed by atoms with Crippen molar-refractivity contribution in [1.82, 2.24) is 4.98 Å². The average Bonchev–Trinajstić information content (AvgIpc) is 2.99. The number of thiophene rings is 1. The van der Waals surface area contributed by atoms with Crippen LogP contribution >= 0.6 is 22.9 Å². The minimum absolute atomic E-state index is 0.0388. The number of nitrogens with zero attached hydrogens (tertiary/aromatic N) is 1. The van der Waals surface area contributed by atoms with Crippen molar-refractivity contribution >= 4 is 34.7 Å². The van der Waals surface area contributed by atoms with Gasteiger partial charge in [0.2, 0.25) is 5.78 Å². The smallest absolute Gasteiger partial charge is 0.306 e. The molecule has 0 fully saturated rings. The monoisotopic (exact) mass is 378 g/mol. The molecule has 2 aromatic heterocycles. The van der Waals surface area contributed by atoms with E-state index in [9.17, 15) is 14.4 Å². The lowest BCUT2D eigenvalue weighted by Crippen LogP contribution is -2.18. The summed E-state index contributed by atoms with van der Waals surface area (Å²) < 4.78 is 5.48. The van der Waals surface area contributed by atoms with Gasteiger partial charge in [-0.25, -0.2) is 0 Å². The van der Waals surface area contributed by atoms with E-state index in [2.05, 4.69) is 4.98 Å². The number of ketones is 1. The lowest BCUT2D eigenvalue weighted by atomic mass is 9.99. The Kier molecular flexibility index (Phi) is 6.12. The molecule has 6 nitrogen and oxygen atoms in total. The average molecular weight is 379 g/mol. The van der Waals surface area contributed by atoms with E-state index >= 15 is 0 Å². The third-order valence-electron chi connectivity index (χ3n) is 3.71. The van der Waals surface area contributed by atoms with Crippen LogP contribution in [0.3, 0.4) is 0 Å². The number of H-pyrrole nitrogens is 1. The zero-order valence-corrected chi connectivity index (χ0v) is 15.2. The van der Waals surface area contributed by atoms with Crippen LogP contribution in [0.15, 0.2) is 16.9 Å². The number of aromatic amines is 1. The summed E-state index contributed by atoms with van der Waals surface area (Å²) in [6, 6.07) is 5.05. The highest BCUT2D eigenvalue weighted by atomic mass is 35.5. The van der Waals surface area contributed by atoms with E-state index in [1.54, 1.807) is 26.0 Å². The molecule has 0 aromatic carbocycles. The molecule has 0 aliphatic rings. The number of nitrogens with one attached hydrogen (secondary N) is 1. The number of esters is 1. The molecule has 0 aliphatic carbocycles. The molecule has 0 amide bonds. The number of Topliss-reactive ketones (excluding diaryl/α,β-unsaturated/α-hetero) is 1. The standard InChI is InChI=1S/C17H15ClN2O4S/c1-9-11(10(2)20-17(23)12(9)7-19)3-6-16(22)24-8-13(21)14-4-5-15(18)25-14/h4-5H,3,6,8H2,1-2H3,(H,20,23). The number of rotatable bonds is 6. The van der Waals surface area contributed by atoms with Crippen LogP contribution in [-0.4, -0.2) is 23.3 Å². The molecule has 0 bridgehead atoms. The second kappa shape index (κ2) is 8.10. The van der Waals surface area contributed by atoms with E-state index in [0.29, 0.717) is 26.9 Å². The van der Waals surface area contributed by atoms with Crippen molar-refractivity contribution < 1.29 is 14.3 Å². The van der Waals surface area contributed by atoms with E-state index in [0.717, 1.165) is 16.9 Å². The SMILES string of the molecule is Cc1[nH]c(=O)c(C#N)c(C)c1CCC(=O)OCC(=O)c1ccc(Cl)s1. The predicted octanol–water partition coefficient (Wildman–Crippen LogP) is 2.94. The lowest BCUT2D eigenvalue weighted by molar-refractivity contribution is -0.142. The molecule has 130 valence electrons. The van der Waals surface area contributed by atoms with E-state index in [4.69, 9.17) is 21.6 Å². The predicted molar refractivity (Wildman–Crippen MR) is 94.2 cm³/mol. The van der Waals surface area contributed by atoms with Crippen LogP contribution in [0, 0.1) is 25.2 Å². The largest absolute Gasteiger partial charge is 0.457 e. The Labute approximate surface area is 153 Å². The summed E-state index contributed by atoms with van der Waals surface area (Å²) in [6.07, 6.45) is 0.345. The number of carbonyl (C=O) groups excluding carboxylic acids is 2. The fraction of sp³-hybridized carbons (Fsp3) is 0.294. The van der Waals surface area contributed by atoms with E-state index < -0.39 is 11.5 Å². The van der Waals surface area contributed by atoms with Gasteiger partial charge in [-0.15, -0.1) is 11.3 Å². The van der Waals surface area contributed by atoms with Gasteiger partial charge in [-0.05, 0) is 43.5 Å². The molecule has 0 saturated heterocycles. The Morgan fingerprint density at radius 2 is 2.08 bits per heavy atom. The number of pyridine rings is 1. The Morgan fingerprint density at radius 1 is 1.36 bits per heavy atom. The number of ether oxygens (including phenoxy) is 1. The van der Waals surface area contributed by atoms with Crippen molar-refractivity contribution in [1.29, 1.82) is 5.26 Å². The van der Waals surface area contributed by atoms with Crippen molar-refractivity contribution in [3.05, 3.63) is 54.1 Å². The Hall–Kier alpha value is -2.43. The highest BCUT2D eigenvalue weighted by Gasteiger charge is 2.15. The van der Waals surface area contributed by atoms with Crippen LogP contribution in [-0.2, 0) is 16.0 Å². The first-order valence-corrected chi connectivity index (χ1v) is 8.59. The summed E-state index contributed by atoms with van der Waals surface area (Å²) in [5, 5.41) is 9.04. The van der Waals surface area contributed by atoms with Gasteiger partial charge in [-0.1, -0.05) is 11.6 Å². The van der Waals surface area contributed by atoms with Crippen LogP contribution in [0.5, 0.6) is 0 Å². The maximum absolute atomic E-state index is 11.9. The normalized spacial score (nSPS) is 10.3. The van der Waals surface area contributed by atoms with Gasteiger partial charge in [0.1, 0.15) is 11.6 Å². The van der Waals surface area contributed by atoms with Gasteiger partial charge in [0, 0.05) is 12.1 Å². The zero-order chi connectivity index (χ0) is 18.6. The van der Waals surface area contributed by atoms with Crippen LogP contribution in [0.2, 0.25) is 4.34 Å². The molecule has 2 heterocycles. The van der Waals surface area contributed by atoms with Gasteiger partial charge in [-0.3, -0.25) is 14.4 Å². The quantitative estimate of drug-likeness (QED) is 0.615. The van der Waals surface area contributed by atoms with Gasteiger partial charge in [0.15, 0.2) is 6.61 Å². The summed E-state index contributed by atoms with van der Waals surface area (Å²) in [4.78, 5) is 38.4. The van der Waals surface area contributed by atoms with Gasteiger partial charge in [0.05, 0.1) is 9.21 Å².